The number of carbonyl (C=O) groups excluding carboxylic acids is 2. The maximum absolute atomic E-state index is 11.9. The minimum absolute atomic E-state index is 0.220. The van der Waals surface area contributed by atoms with Crippen LogP contribution in [0.5, 0.6) is 0 Å². The second-order valence-electron chi connectivity index (χ2n) is 5.00. The number of nitrogens with zero attached hydrogens (tertiary/aromatic N) is 1. The quantitative estimate of drug-likeness (QED) is 0.197. The first kappa shape index (κ1) is 21.0. The van der Waals surface area contributed by atoms with Crippen molar-refractivity contribution in [2.75, 3.05) is 12.4 Å². The van der Waals surface area contributed by atoms with Crippen LogP contribution in [0.4, 0.5) is 5.69 Å². The number of aromatic nitrogens is 1. The molecule has 0 atom stereocenters. The van der Waals surface area contributed by atoms with Gasteiger partial charge in [-0.15, -0.1) is 6.42 Å². The highest BCUT2D eigenvalue weighted by Crippen LogP contribution is 2.14. The van der Waals surface area contributed by atoms with Crippen LogP contribution in [0.25, 0.3) is 0 Å². The molecule has 0 aliphatic heterocycles. The Morgan fingerprint density at radius 2 is 2.15 bits per heavy atom. The van der Waals surface area contributed by atoms with Gasteiger partial charge in [0.15, 0.2) is 5.76 Å². The molecular weight excluding hydrogens is 356 g/mol. The van der Waals surface area contributed by atoms with E-state index in [1.165, 1.54) is 38.4 Å². The van der Waals surface area contributed by atoms with Gasteiger partial charge in [-0.1, -0.05) is 23.6 Å². The molecule has 1 N–H and O–H groups in total. The number of pyridine rings is 1. The maximum Gasteiger partial charge on any atom is 0.308 e. The molecule has 0 aliphatic rings. The summed E-state index contributed by atoms with van der Waals surface area (Å²) < 4.78 is 10.1. The summed E-state index contributed by atoms with van der Waals surface area (Å²) in [6, 6.07) is 3.15. The van der Waals surface area contributed by atoms with Crippen LogP contribution in [0.2, 0.25) is 5.15 Å². The molecule has 0 aromatic carbocycles. The van der Waals surface area contributed by atoms with Gasteiger partial charge >= 0.3 is 5.97 Å². The summed E-state index contributed by atoms with van der Waals surface area (Å²) in [5.41, 5.74) is 1.04. The van der Waals surface area contributed by atoms with Crippen molar-refractivity contribution in [2.24, 2.45) is 0 Å². The minimum Gasteiger partial charge on any atom is -0.498 e. The predicted octanol–water partition coefficient (Wildman–Crippen LogP) is 3.62. The fraction of sp³-hybridized carbons (Fsp3) is 0.211. The van der Waals surface area contributed by atoms with Gasteiger partial charge in [0.25, 0.3) is 0 Å². The van der Waals surface area contributed by atoms with E-state index in [0.29, 0.717) is 23.4 Å². The van der Waals surface area contributed by atoms with Gasteiger partial charge in [0.2, 0.25) is 5.91 Å². The van der Waals surface area contributed by atoms with Gasteiger partial charge in [-0.3, -0.25) is 9.59 Å². The van der Waals surface area contributed by atoms with Crippen molar-refractivity contribution in [3.8, 4) is 12.3 Å². The summed E-state index contributed by atoms with van der Waals surface area (Å²) in [6.07, 6.45) is 11.7. The van der Waals surface area contributed by atoms with Crippen LogP contribution in [0, 0.1) is 12.3 Å². The smallest absolute Gasteiger partial charge is 0.308 e. The third-order valence-corrected chi connectivity index (χ3v) is 3.21. The van der Waals surface area contributed by atoms with Crippen molar-refractivity contribution in [1.29, 1.82) is 0 Å². The van der Waals surface area contributed by atoms with Crippen molar-refractivity contribution in [1.82, 2.24) is 4.98 Å². The normalized spacial score (nSPS) is 12.2. The largest absolute Gasteiger partial charge is 0.498 e. The standard InChI is InChI=1S/C19H19ClN2O4/c1-5-15(11-17(13(2)25-4)26-14(3)23)7-6-8-19(24)22-16-9-10-21-18(20)12-16/h1,6,8-12H,7H2,2-4H3,(H,21,22,24)/b8-6+,15-11+,17-13-. The molecule has 0 unspecified atom stereocenters. The van der Waals surface area contributed by atoms with E-state index in [2.05, 4.69) is 16.2 Å². The Hall–Kier alpha value is -3.04. The summed E-state index contributed by atoms with van der Waals surface area (Å²) in [5.74, 6) is 2.28. The van der Waals surface area contributed by atoms with E-state index in [1.807, 2.05) is 0 Å². The average Bonchev–Trinajstić information content (AvgIpc) is 2.58. The van der Waals surface area contributed by atoms with Crippen LogP contribution in [0.15, 0.2) is 53.6 Å². The molecule has 1 heterocycles. The Morgan fingerprint density at radius 3 is 2.73 bits per heavy atom. The van der Waals surface area contributed by atoms with E-state index < -0.39 is 5.97 Å². The zero-order valence-electron chi connectivity index (χ0n) is 14.7. The summed E-state index contributed by atoms with van der Waals surface area (Å²) in [4.78, 5) is 26.9. The highest BCUT2D eigenvalue weighted by molar-refractivity contribution is 6.29. The van der Waals surface area contributed by atoms with Crippen molar-refractivity contribution in [2.45, 2.75) is 20.3 Å². The molecule has 7 heteroatoms. The zero-order valence-corrected chi connectivity index (χ0v) is 15.5. The number of amides is 1. The van der Waals surface area contributed by atoms with Crippen LogP contribution in [0.3, 0.4) is 0 Å². The van der Waals surface area contributed by atoms with Crippen LogP contribution < -0.4 is 5.32 Å². The molecule has 6 nitrogen and oxygen atoms in total. The van der Waals surface area contributed by atoms with Gasteiger partial charge in [-0.25, -0.2) is 4.98 Å². The fourth-order valence-electron chi connectivity index (χ4n) is 1.73. The number of halogens is 1. The molecule has 0 fully saturated rings. The molecule has 0 saturated carbocycles. The number of hydrogen-bond donors (Lipinski definition) is 1. The lowest BCUT2D eigenvalue weighted by molar-refractivity contribution is -0.136. The van der Waals surface area contributed by atoms with Gasteiger partial charge in [0, 0.05) is 24.4 Å². The van der Waals surface area contributed by atoms with Crippen LogP contribution in [-0.2, 0) is 19.1 Å². The molecule has 1 amide bonds. The molecule has 136 valence electrons. The molecule has 1 aromatic rings. The molecule has 0 spiro atoms. The molecule has 0 radical (unpaired) electrons. The van der Waals surface area contributed by atoms with Crippen LogP contribution >= 0.6 is 11.6 Å². The molecule has 0 bridgehead atoms. The molecule has 26 heavy (non-hydrogen) atoms. The zero-order chi connectivity index (χ0) is 19.5. The predicted molar refractivity (Wildman–Crippen MR) is 100 cm³/mol. The number of hydrogen-bond acceptors (Lipinski definition) is 5. The van der Waals surface area contributed by atoms with E-state index in [-0.39, 0.29) is 16.8 Å². The number of esters is 1. The number of carbonyl (C=O) groups is 2. The number of rotatable bonds is 7. The van der Waals surface area contributed by atoms with Gasteiger partial charge in [0.05, 0.1) is 7.11 Å². The number of methoxy groups -OCH3 is 1. The van der Waals surface area contributed by atoms with Gasteiger partial charge in [-0.05, 0) is 37.6 Å². The monoisotopic (exact) mass is 374 g/mol. The van der Waals surface area contributed by atoms with Crippen molar-refractivity contribution < 1.29 is 19.1 Å². The first-order valence-electron chi connectivity index (χ1n) is 7.55. The summed E-state index contributed by atoms with van der Waals surface area (Å²) >= 11 is 5.75. The Morgan fingerprint density at radius 1 is 1.42 bits per heavy atom. The number of terminal acetylenes is 1. The second-order valence-corrected chi connectivity index (χ2v) is 5.38. The van der Waals surface area contributed by atoms with Gasteiger partial charge in [-0.2, -0.15) is 0 Å². The van der Waals surface area contributed by atoms with E-state index in [9.17, 15) is 9.59 Å². The molecule has 0 aliphatic carbocycles. The molecule has 0 saturated heterocycles. The molecule has 1 aromatic heterocycles. The number of ether oxygens (including phenoxy) is 2. The lowest BCUT2D eigenvalue weighted by Crippen LogP contribution is -2.07. The highest BCUT2D eigenvalue weighted by Gasteiger charge is 2.06. The highest BCUT2D eigenvalue weighted by atomic mass is 35.5. The van der Waals surface area contributed by atoms with Crippen LogP contribution in [-0.4, -0.2) is 24.0 Å². The van der Waals surface area contributed by atoms with Crippen molar-refractivity contribution in [3.05, 3.63) is 58.8 Å². The maximum atomic E-state index is 11.9. The summed E-state index contributed by atoms with van der Waals surface area (Å²) in [6.45, 7) is 2.92. The fourth-order valence-corrected chi connectivity index (χ4v) is 1.91. The molecular formula is C19H19ClN2O4. The summed E-state index contributed by atoms with van der Waals surface area (Å²) in [7, 11) is 1.46. The molecule has 1 rings (SSSR count). The van der Waals surface area contributed by atoms with E-state index >= 15 is 0 Å². The lowest BCUT2D eigenvalue weighted by Gasteiger charge is -2.07. The average molecular weight is 375 g/mol. The Labute approximate surface area is 157 Å². The Balaban J connectivity index is 2.78. The number of allylic oxidation sites excluding steroid dienone is 4. The first-order valence-corrected chi connectivity index (χ1v) is 7.93. The van der Waals surface area contributed by atoms with E-state index in [0.717, 1.165) is 0 Å². The Kier molecular flexibility index (Phi) is 8.68. The summed E-state index contributed by atoms with van der Waals surface area (Å²) in [5, 5.41) is 2.93. The lowest BCUT2D eigenvalue weighted by atomic mass is 10.1. The SMILES string of the molecule is C#C/C(=C\C(OC(C)=O)=C(/C)OC)C/C=C/C(=O)Nc1ccnc(Cl)c1. The van der Waals surface area contributed by atoms with E-state index in [1.54, 1.807) is 19.1 Å². The number of anilines is 1. The van der Waals surface area contributed by atoms with Crippen LogP contribution in [0.1, 0.15) is 20.3 Å². The van der Waals surface area contributed by atoms with Crippen molar-refractivity contribution in [3.63, 3.8) is 0 Å². The third-order valence-electron chi connectivity index (χ3n) is 3.00. The van der Waals surface area contributed by atoms with Crippen molar-refractivity contribution >= 4 is 29.2 Å². The van der Waals surface area contributed by atoms with E-state index in [4.69, 9.17) is 27.5 Å². The second kappa shape index (κ2) is 10.7. The van der Waals surface area contributed by atoms with Gasteiger partial charge < -0.3 is 14.8 Å². The number of nitrogens with one attached hydrogen (secondary N) is 1. The first-order chi connectivity index (χ1) is 12.3. The van der Waals surface area contributed by atoms with Gasteiger partial charge in [0.1, 0.15) is 10.9 Å². The topological polar surface area (TPSA) is 77.5 Å². The third kappa shape index (κ3) is 7.69. The Bertz CT molecular complexity index is 804. The minimum atomic E-state index is -0.491.